The summed E-state index contributed by atoms with van der Waals surface area (Å²) in [7, 11) is -1.49. The zero-order valence-corrected chi connectivity index (χ0v) is 29.3. The van der Waals surface area contributed by atoms with E-state index in [1.807, 2.05) is 25.1 Å². The summed E-state index contributed by atoms with van der Waals surface area (Å²) in [5.41, 5.74) is 4.03. The summed E-state index contributed by atoms with van der Waals surface area (Å²) in [6.45, 7) is 10.1. The Morgan fingerprint density at radius 1 is 0.978 bits per heavy atom. The van der Waals surface area contributed by atoms with Crippen LogP contribution in [0.2, 0.25) is 5.02 Å². The van der Waals surface area contributed by atoms with Crippen molar-refractivity contribution in [1.82, 2.24) is 4.72 Å². The van der Waals surface area contributed by atoms with E-state index in [-0.39, 0.29) is 29.3 Å². The van der Waals surface area contributed by atoms with Gasteiger partial charge < -0.3 is 19.1 Å². The smallest absolute Gasteiger partial charge is 0.263 e. The van der Waals surface area contributed by atoms with Crippen LogP contribution in [0.15, 0.2) is 36.4 Å². The molecule has 6 rings (SSSR count). The number of ether oxygens (including phenoxy) is 3. The lowest BCUT2D eigenvalue weighted by atomic mass is 9.65. The number of halogens is 1. The van der Waals surface area contributed by atoms with E-state index in [1.165, 1.54) is 24.0 Å². The van der Waals surface area contributed by atoms with E-state index < -0.39 is 11.0 Å². The van der Waals surface area contributed by atoms with E-state index in [1.54, 1.807) is 6.07 Å². The molecule has 2 bridgehead atoms. The molecule has 7 atom stereocenters. The van der Waals surface area contributed by atoms with Gasteiger partial charge in [0.05, 0.1) is 30.8 Å². The predicted molar refractivity (Wildman–Crippen MR) is 185 cm³/mol. The van der Waals surface area contributed by atoms with Crippen LogP contribution in [0.4, 0.5) is 5.69 Å². The fourth-order valence-corrected chi connectivity index (χ4v) is 9.13. The number of unbranched alkanes of at least 4 members (excludes halogenated alkanes) is 1. The quantitative estimate of drug-likeness (QED) is 0.352. The number of hydrogen-bond donors (Lipinski definition) is 1. The second-order valence-corrected chi connectivity index (χ2v) is 16.0. The van der Waals surface area contributed by atoms with Crippen molar-refractivity contribution in [3.63, 3.8) is 0 Å². The average Bonchev–Trinajstić information content (AvgIpc) is 3.23. The second kappa shape index (κ2) is 15.4. The molecule has 4 aliphatic rings. The first-order valence-electron chi connectivity index (χ1n) is 17.6. The van der Waals surface area contributed by atoms with Gasteiger partial charge >= 0.3 is 0 Å². The Morgan fingerprint density at radius 2 is 1.80 bits per heavy atom. The topological polar surface area (TPSA) is 77.1 Å². The van der Waals surface area contributed by atoms with Crippen LogP contribution in [0.3, 0.4) is 0 Å². The lowest BCUT2D eigenvalue weighted by molar-refractivity contribution is -0.224. The first-order valence-corrected chi connectivity index (χ1v) is 19.2. The van der Waals surface area contributed by atoms with Crippen LogP contribution >= 0.6 is 11.6 Å². The summed E-state index contributed by atoms with van der Waals surface area (Å²) < 4.78 is 35.2. The number of nitrogens with one attached hydrogen (secondary N) is 1. The molecule has 1 saturated carbocycles. The molecule has 7 nitrogen and oxygen atoms in total. The fourth-order valence-electron chi connectivity index (χ4n) is 7.89. The average molecular weight is 671 g/mol. The minimum atomic E-state index is -1.49. The molecule has 0 spiro atoms. The number of carbonyl (C=O) groups is 1. The molecule has 2 aromatic carbocycles. The molecule has 3 aliphatic heterocycles. The first kappa shape index (κ1) is 33.8. The van der Waals surface area contributed by atoms with Gasteiger partial charge in [-0.1, -0.05) is 44.4 Å². The number of rotatable bonds is 5. The molecule has 7 unspecified atom stereocenters. The number of hydrogen-bond acceptors (Lipinski definition) is 6. The summed E-state index contributed by atoms with van der Waals surface area (Å²) in [6, 6.07) is 12.0. The monoisotopic (exact) mass is 670 g/mol. The van der Waals surface area contributed by atoms with Gasteiger partial charge in [-0.25, -0.2) is 4.21 Å². The van der Waals surface area contributed by atoms with E-state index in [9.17, 15) is 9.00 Å². The van der Waals surface area contributed by atoms with E-state index in [0.29, 0.717) is 29.9 Å². The van der Waals surface area contributed by atoms with Crippen molar-refractivity contribution in [1.29, 1.82) is 0 Å². The van der Waals surface area contributed by atoms with Crippen LogP contribution in [-0.2, 0) is 26.9 Å². The summed E-state index contributed by atoms with van der Waals surface area (Å²) >= 11 is 6.49. The third-order valence-electron chi connectivity index (χ3n) is 11.0. The third kappa shape index (κ3) is 7.61. The summed E-state index contributed by atoms with van der Waals surface area (Å²) in [5, 5.41) is 0.613. The number of anilines is 1. The molecule has 9 heteroatoms. The highest BCUT2D eigenvalue weighted by atomic mass is 35.5. The maximum Gasteiger partial charge on any atom is 0.263 e. The van der Waals surface area contributed by atoms with Crippen molar-refractivity contribution in [2.24, 2.45) is 23.7 Å². The van der Waals surface area contributed by atoms with E-state index in [2.05, 4.69) is 35.6 Å². The maximum absolute atomic E-state index is 13.4. The molecular formula is C37H51ClN2O5S. The van der Waals surface area contributed by atoms with E-state index in [4.69, 9.17) is 25.8 Å². The minimum Gasteiger partial charge on any atom is -0.491 e. The van der Waals surface area contributed by atoms with Gasteiger partial charge in [-0.2, -0.15) is 0 Å². The lowest BCUT2D eigenvalue weighted by Gasteiger charge is -2.47. The van der Waals surface area contributed by atoms with Gasteiger partial charge in [0.1, 0.15) is 16.7 Å². The fraction of sp³-hybridized carbons (Fsp3) is 0.649. The highest BCUT2D eigenvalue weighted by molar-refractivity contribution is 7.84. The molecule has 46 heavy (non-hydrogen) atoms. The summed E-state index contributed by atoms with van der Waals surface area (Å²) in [4.78, 5) is 15.9. The Labute approximate surface area is 282 Å². The van der Waals surface area contributed by atoms with Gasteiger partial charge in [0.25, 0.3) is 5.91 Å². The van der Waals surface area contributed by atoms with Crippen molar-refractivity contribution < 1.29 is 23.2 Å². The van der Waals surface area contributed by atoms with Gasteiger partial charge in [-0.15, -0.1) is 0 Å². The molecule has 0 radical (unpaired) electrons. The second-order valence-electron chi connectivity index (χ2n) is 14.0. The molecule has 1 saturated heterocycles. The summed E-state index contributed by atoms with van der Waals surface area (Å²) in [6.07, 6.45) is 9.36. The molecule has 252 valence electrons. The summed E-state index contributed by atoms with van der Waals surface area (Å²) in [5.74, 6) is 2.17. The molecule has 0 aromatic heterocycles. The van der Waals surface area contributed by atoms with Gasteiger partial charge in [-0.3, -0.25) is 9.52 Å². The van der Waals surface area contributed by atoms with Crippen LogP contribution in [0.25, 0.3) is 0 Å². The molecule has 1 amide bonds. The van der Waals surface area contributed by atoms with Crippen molar-refractivity contribution in [2.45, 2.75) is 96.0 Å². The zero-order valence-electron chi connectivity index (χ0n) is 27.7. The normalized spacial score (nSPS) is 31.2. The first-order chi connectivity index (χ1) is 22.3. The minimum absolute atomic E-state index is 0.147. The van der Waals surface area contributed by atoms with Crippen molar-refractivity contribution in [3.05, 3.63) is 58.1 Å². The van der Waals surface area contributed by atoms with E-state index >= 15 is 0 Å². The van der Waals surface area contributed by atoms with E-state index in [0.717, 1.165) is 87.7 Å². The molecule has 1 N–H and O–H groups in total. The predicted octanol–water partition coefficient (Wildman–Crippen LogP) is 7.67. The van der Waals surface area contributed by atoms with Crippen LogP contribution < -0.4 is 14.4 Å². The van der Waals surface area contributed by atoms with Gasteiger partial charge in [-0.05, 0) is 111 Å². The Kier molecular flexibility index (Phi) is 11.3. The van der Waals surface area contributed by atoms with Crippen LogP contribution in [0.1, 0.15) is 99.5 Å². The highest BCUT2D eigenvalue weighted by Gasteiger charge is 2.43. The van der Waals surface area contributed by atoms with Gasteiger partial charge in [0.15, 0.2) is 6.29 Å². The van der Waals surface area contributed by atoms with Crippen molar-refractivity contribution in [2.75, 3.05) is 37.8 Å². The Morgan fingerprint density at radius 3 is 2.57 bits per heavy atom. The van der Waals surface area contributed by atoms with Gasteiger partial charge in [0.2, 0.25) is 0 Å². The number of aryl methyl sites for hydroxylation is 1. The molecular weight excluding hydrogens is 620 g/mol. The van der Waals surface area contributed by atoms with Gasteiger partial charge in [0, 0.05) is 35.5 Å². The molecule has 2 aromatic rings. The number of fused-ring (bicyclic) bond motifs is 2. The number of amides is 1. The molecule has 3 heterocycles. The standard InChI is InChI=1S/C37H51ClN2O5S/c1-4-5-9-26-19-30(38)13-15-31(26)29-22-40-21-28-11-14-32(28)33(37-43-17-7-18-44-37)10-6-8-24(2)25(3)46(42)39-36(41)27-12-16-35(45-23-29)34(40)20-27/h12-13,15-16,19-20,24-25,28-29,32-33,37H,4-11,14,17-18,21-23H2,1-3H3,(H,39,41). The third-order valence-corrected chi connectivity index (χ3v) is 12.8. The zero-order chi connectivity index (χ0) is 32.2. The van der Waals surface area contributed by atoms with Crippen LogP contribution in [0.5, 0.6) is 5.75 Å². The number of carbonyl (C=O) groups excluding carboxylic acids is 1. The lowest BCUT2D eigenvalue weighted by Crippen LogP contribution is -2.47. The number of nitrogens with zero attached hydrogens (tertiary/aromatic N) is 1. The Bertz CT molecular complexity index is 1380. The maximum atomic E-state index is 13.4. The van der Waals surface area contributed by atoms with Crippen molar-refractivity contribution >= 4 is 34.2 Å². The number of benzene rings is 2. The largest absolute Gasteiger partial charge is 0.491 e. The molecule has 2 fully saturated rings. The van der Waals surface area contributed by atoms with Crippen LogP contribution in [0, 0.1) is 23.7 Å². The van der Waals surface area contributed by atoms with Crippen molar-refractivity contribution in [3.8, 4) is 5.75 Å². The van der Waals surface area contributed by atoms with Crippen LogP contribution in [-0.4, -0.2) is 54.6 Å². The Balaban J connectivity index is 1.36. The highest BCUT2D eigenvalue weighted by Crippen LogP contribution is 2.47. The molecule has 1 aliphatic carbocycles. The SMILES string of the molecule is CCCCc1cc(Cl)ccc1C1COc2ccc3cc2N(C1)CC1CCC1C(C1OCCCO1)CCCC(C)C(C)S(=O)NC3=O. The Hall–Kier alpha value is -2.13.